The Kier molecular flexibility index (Phi) is 3.55. The fourth-order valence-corrected chi connectivity index (χ4v) is 3.23. The largest absolute Gasteiger partial charge is 0.320 e. The number of aromatic nitrogens is 4. The Morgan fingerprint density at radius 2 is 2.00 bits per heavy atom. The van der Waals surface area contributed by atoms with Gasteiger partial charge in [-0.1, -0.05) is 18.2 Å². The molecule has 0 spiro atoms. The van der Waals surface area contributed by atoms with Crippen molar-refractivity contribution in [1.29, 1.82) is 0 Å². The molecule has 0 aliphatic heterocycles. The Morgan fingerprint density at radius 1 is 1.17 bits per heavy atom. The van der Waals surface area contributed by atoms with Gasteiger partial charge >= 0.3 is 0 Å². The van der Waals surface area contributed by atoms with E-state index in [1.54, 1.807) is 11.3 Å². The number of carbonyl (C=O) groups is 1. The zero-order valence-corrected chi connectivity index (χ0v) is 13.6. The molecule has 0 fully saturated rings. The second kappa shape index (κ2) is 5.86. The molecular formula is C17H13N5OS. The first-order chi connectivity index (χ1) is 11.7. The molecule has 0 radical (unpaired) electrons. The average molecular weight is 335 g/mol. The maximum Gasteiger partial charge on any atom is 0.277 e. The predicted molar refractivity (Wildman–Crippen MR) is 93.7 cm³/mol. The molecule has 24 heavy (non-hydrogen) atoms. The molecule has 0 aliphatic rings. The summed E-state index contributed by atoms with van der Waals surface area (Å²) in [5.74, 6) is -0.294. The van der Waals surface area contributed by atoms with Gasteiger partial charge in [0, 0.05) is 5.69 Å². The van der Waals surface area contributed by atoms with Crippen molar-refractivity contribution in [3.63, 3.8) is 0 Å². The Morgan fingerprint density at radius 3 is 2.83 bits per heavy atom. The highest BCUT2D eigenvalue weighted by Crippen LogP contribution is 2.24. The van der Waals surface area contributed by atoms with Gasteiger partial charge in [0.15, 0.2) is 5.69 Å². The van der Waals surface area contributed by atoms with Gasteiger partial charge < -0.3 is 5.32 Å². The summed E-state index contributed by atoms with van der Waals surface area (Å²) in [7, 11) is 0. The van der Waals surface area contributed by atoms with E-state index in [-0.39, 0.29) is 11.6 Å². The zero-order valence-electron chi connectivity index (χ0n) is 12.8. The number of rotatable bonds is 3. The van der Waals surface area contributed by atoms with Crippen LogP contribution < -0.4 is 5.32 Å². The van der Waals surface area contributed by atoms with E-state index < -0.39 is 0 Å². The van der Waals surface area contributed by atoms with Crippen molar-refractivity contribution in [3.05, 3.63) is 65.4 Å². The first-order valence-corrected chi connectivity index (χ1v) is 8.17. The smallest absolute Gasteiger partial charge is 0.277 e. The van der Waals surface area contributed by atoms with Crippen LogP contribution in [-0.2, 0) is 0 Å². The van der Waals surface area contributed by atoms with Gasteiger partial charge in [0.05, 0.1) is 27.1 Å². The van der Waals surface area contributed by atoms with Gasteiger partial charge in [-0.15, -0.1) is 16.4 Å². The number of anilines is 1. The molecule has 118 valence electrons. The quantitative estimate of drug-likeness (QED) is 0.622. The number of nitrogens with one attached hydrogen (secondary N) is 1. The summed E-state index contributed by atoms with van der Waals surface area (Å²) in [6.07, 6.45) is 1.46. The lowest BCUT2D eigenvalue weighted by Gasteiger charge is -2.02. The number of aryl methyl sites for hydroxylation is 1. The molecule has 0 aliphatic carbocycles. The lowest BCUT2D eigenvalue weighted by Crippen LogP contribution is -2.13. The first kappa shape index (κ1) is 14.5. The Bertz CT molecular complexity index is 1020. The fourth-order valence-electron chi connectivity index (χ4n) is 2.37. The highest BCUT2D eigenvalue weighted by Gasteiger charge is 2.12. The van der Waals surface area contributed by atoms with Crippen LogP contribution >= 0.6 is 11.3 Å². The van der Waals surface area contributed by atoms with E-state index in [4.69, 9.17) is 0 Å². The number of carbonyl (C=O) groups excluding carboxylic acids is 1. The maximum atomic E-state index is 12.4. The van der Waals surface area contributed by atoms with Crippen LogP contribution in [0.4, 0.5) is 5.69 Å². The molecule has 0 bridgehead atoms. The van der Waals surface area contributed by atoms with E-state index in [1.807, 2.05) is 55.5 Å². The number of hydrogen-bond donors (Lipinski definition) is 1. The van der Waals surface area contributed by atoms with Gasteiger partial charge in [0.1, 0.15) is 0 Å². The van der Waals surface area contributed by atoms with E-state index in [0.717, 1.165) is 20.9 Å². The number of benzene rings is 2. The molecule has 2 heterocycles. The first-order valence-electron chi connectivity index (χ1n) is 7.35. The van der Waals surface area contributed by atoms with Gasteiger partial charge in [0.2, 0.25) is 0 Å². The van der Waals surface area contributed by atoms with Crippen molar-refractivity contribution in [1.82, 2.24) is 20.0 Å². The van der Waals surface area contributed by atoms with Crippen LogP contribution in [0.25, 0.3) is 15.9 Å². The highest BCUT2D eigenvalue weighted by molar-refractivity contribution is 7.18. The predicted octanol–water partition coefficient (Wildman–Crippen LogP) is 3.44. The third kappa shape index (κ3) is 2.77. The van der Waals surface area contributed by atoms with Crippen LogP contribution in [0.15, 0.2) is 54.7 Å². The molecule has 0 atom stereocenters. The van der Waals surface area contributed by atoms with E-state index in [2.05, 4.69) is 20.5 Å². The third-order valence-electron chi connectivity index (χ3n) is 3.46. The standard InChI is InChI=1S/C17H13N5OS/c1-11-19-14-8-7-12(9-16(14)24-11)20-17(23)15-10-18-22(21-15)13-5-3-2-4-6-13/h2-10H,1H3,(H,20,23). The van der Waals surface area contributed by atoms with E-state index in [0.29, 0.717) is 5.69 Å². The van der Waals surface area contributed by atoms with Gasteiger partial charge in [-0.3, -0.25) is 4.79 Å². The summed E-state index contributed by atoms with van der Waals surface area (Å²) in [6.45, 7) is 1.96. The van der Waals surface area contributed by atoms with Crippen LogP contribution in [0.5, 0.6) is 0 Å². The summed E-state index contributed by atoms with van der Waals surface area (Å²) in [5.41, 5.74) is 2.72. The van der Waals surface area contributed by atoms with E-state index in [9.17, 15) is 4.79 Å². The molecule has 6 nitrogen and oxygen atoms in total. The van der Waals surface area contributed by atoms with Gasteiger partial charge in [-0.25, -0.2) is 4.98 Å². The highest BCUT2D eigenvalue weighted by atomic mass is 32.1. The summed E-state index contributed by atoms with van der Waals surface area (Å²) in [6, 6.07) is 15.1. The Labute approximate surface area is 141 Å². The topological polar surface area (TPSA) is 72.7 Å². The summed E-state index contributed by atoms with van der Waals surface area (Å²) in [5, 5.41) is 12.2. The van der Waals surface area contributed by atoms with E-state index in [1.165, 1.54) is 11.0 Å². The molecule has 7 heteroatoms. The number of fused-ring (bicyclic) bond motifs is 1. The normalized spacial score (nSPS) is 10.9. The summed E-state index contributed by atoms with van der Waals surface area (Å²) >= 11 is 1.60. The minimum atomic E-state index is -0.294. The molecule has 2 aromatic carbocycles. The minimum Gasteiger partial charge on any atom is -0.320 e. The van der Waals surface area contributed by atoms with Crippen LogP contribution in [-0.4, -0.2) is 25.9 Å². The molecule has 0 unspecified atom stereocenters. The SMILES string of the molecule is Cc1nc2ccc(NC(=O)c3cnn(-c4ccccc4)n3)cc2s1. The minimum absolute atomic E-state index is 0.263. The number of nitrogens with zero attached hydrogens (tertiary/aromatic N) is 4. The van der Waals surface area contributed by atoms with Crippen LogP contribution in [0.1, 0.15) is 15.5 Å². The van der Waals surface area contributed by atoms with Crippen LogP contribution in [0, 0.1) is 6.92 Å². The molecule has 0 saturated heterocycles. The van der Waals surface area contributed by atoms with Crippen molar-refractivity contribution in [2.75, 3.05) is 5.32 Å². The van der Waals surface area contributed by atoms with Crippen LogP contribution in [0.3, 0.4) is 0 Å². The number of para-hydroxylation sites is 1. The number of amides is 1. The third-order valence-corrected chi connectivity index (χ3v) is 4.40. The van der Waals surface area contributed by atoms with Gasteiger partial charge in [0.25, 0.3) is 5.91 Å². The van der Waals surface area contributed by atoms with Crippen molar-refractivity contribution < 1.29 is 4.79 Å². The molecule has 2 aromatic heterocycles. The van der Waals surface area contributed by atoms with Gasteiger partial charge in [-0.2, -0.15) is 9.90 Å². The molecule has 1 N–H and O–H groups in total. The van der Waals surface area contributed by atoms with Crippen molar-refractivity contribution in [2.45, 2.75) is 6.92 Å². The van der Waals surface area contributed by atoms with Crippen molar-refractivity contribution in [2.24, 2.45) is 0 Å². The van der Waals surface area contributed by atoms with Gasteiger partial charge in [-0.05, 0) is 37.3 Å². The number of hydrogen-bond acceptors (Lipinski definition) is 5. The average Bonchev–Trinajstić information content (AvgIpc) is 3.21. The Balaban J connectivity index is 1.56. The molecule has 1 amide bonds. The monoisotopic (exact) mass is 335 g/mol. The second-order valence-electron chi connectivity index (χ2n) is 5.22. The lowest BCUT2D eigenvalue weighted by molar-refractivity contribution is 0.102. The molecule has 0 saturated carbocycles. The molecule has 4 rings (SSSR count). The second-order valence-corrected chi connectivity index (χ2v) is 6.46. The maximum absolute atomic E-state index is 12.4. The summed E-state index contributed by atoms with van der Waals surface area (Å²) in [4.78, 5) is 18.2. The van der Waals surface area contributed by atoms with E-state index >= 15 is 0 Å². The molecular weight excluding hydrogens is 322 g/mol. The Hall–Kier alpha value is -3.06. The fraction of sp³-hybridized carbons (Fsp3) is 0.0588. The summed E-state index contributed by atoms with van der Waals surface area (Å²) < 4.78 is 1.04. The number of thiazole rings is 1. The van der Waals surface area contributed by atoms with Crippen molar-refractivity contribution in [3.8, 4) is 5.69 Å². The molecule has 4 aromatic rings. The van der Waals surface area contributed by atoms with Crippen molar-refractivity contribution >= 4 is 33.1 Å². The lowest BCUT2D eigenvalue weighted by atomic mass is 10.3. The van der Waals surface area contributed by atoms with Crippen LogP contribution in [0.2, 0.25) is 0 Å². The zero-order chi connectivity index (χ0) is 16.5.